The molecule has 0 fully saturated rings. The maximum Gasteiger partial charge on any atom is 0.261 e. The van der Waals surface area contributed by atoms with Crippen molar-refractivity contribution in [3.05, 3.63) is 70.8 Å². The zero-order chi connectivity index (χ0) is 18.0. The number of benzene rings is 2. The minimum Gasteiger partial charge on any atom is -0.350 e. The molecule has 2 aromatic rings. The molecule has 3 amide bonds. The molecular weight excluding hydrogens is 316 g/mol. The Balaban J connectivity index is 1.64. The highest BCUT2D eigenvalue weighted by atomic mass is 16.2. The summed E-state index contributed by atoms with van der Waals surface area (Å²) < 4.78 is 0. The van der Waals surface area contributed by atoms with E-state index in [1.165, 1.54) is 18.7 Å². The summed E-state index contributed by atoms with van der Waals surface area (Å²) in [6, 6.07) is 14.7. The van der Waals surface area contributed by atoms with Crippen molar-refractivity contribution >= 4 is 17.7 Å². The molecule has 0 saturated carbocycles. The number of hydrogen-bond acceptors (Lipinski definition) is 3. The lowest BCUT2D eigenvalue weighted by atomic mass is 10.0. The van der Waals surface area contributed by atoms with Crippen LogP contribution < -0.4 is 5.32 Å². The third-order valence-electron chi connectivity index (χ3n) is 4.44. The molecule has 5 heteroatoms. The van der Waals surface area contributed by atoms with Crippen LogP contribution in [0.2, 0.25) is 0 Å². The molecule has 0 aromatic heterocycles. The fraction of sp³-hybridized carbons (Fsp3) is 0.250. The monoisotopic (exact) mass is 336 g/mol. The maximum atomic E-state index is 12.4. The summed E-state index contributed by atoms with van der Waals surface area (Å²) in [7, 11) is 1.44. The average Bonchev–Trinajstić information content (AvgIpc) is 2.85. The van der Waals surface area contributed by atoms with E-state index in [-0.39, 0.29) is 29.3 Å². The van der Waals surface area contributed by atoms with E-state index in [9.17, 15) is 14.4 Å². The predicted octanol–water partition coefficient (Wildman–Crippen LogP) is 2.66. The van der Waals surface area contributed by atoms with Gasteiger partial charge in [-0.15, -0.1) is 0 Å². The predicted molar refractivity (Wildman–Crippen MR) is 94.6 cm³/mol. The third-order valence-corrected chi connectivity index (χ3v) is 4.44. The van der Waals surface area contributed by atoms with Crippen molar-refractivity contribution in [2.45, 2.75) is 25.8 Å². The lowest BCUT2D eigenvalue weighted by Gasteiger charge is -2.14. The van der Waals surface area contributed by atoms with Crippen LogP contribution in [-0.2, 0) is 6.42 Å². The first-order valence-electron chi connectivity index (χ1n) is 8.28. The molecule has 1 heterocycles. The molecule has 0 spiro atoms. The summed E-state index contributed by atoms with van der Waals surface area (Å²) in [6.45, 7) is 1.96. The summed E-state index contributed by atoms with van der Waals surface area (Å²) in [4.78, 5) is 37.4. The van der Waals surface area contributed by atoms with Crippen LogP contribution in [0.1, 0.15) is 50.0 Å². The van der Waals surface area contributed by atoms with Gasteiger partial charge in [-0.1, -0.05) is 30.3 Å². The Kier molecular flexibility index (Phi) is 4.65. The zero-order valence-corrected chi connectivity index (χ0v) is 14.3. The quantitative estimate of drug-likeness (QED) is 0.854. The number of imide groups is 1. The summed E-state index contributed by atoms with van der Waals surface area (Å²) in [6.07, 6.45) is 1.70. The smallest absolute Gasteiger partial charge is 0.261 e. The second-order valence-corrected chi connectivity index (χ2v) is 6.33. The van der Waals surface area contributed by atoms with Crippen molar-refractivity contribution in [1.82, 2.24) is 10.2 Å². The summed E-state index contributed by atoms with van der Waals surface area (Å²) in [5.41, 5.74) is 2.26. The Morgan fingerprint density at radius 1 is 1.04 bits per heavy atom. The van der Waals surface area contributed by atoms with Crippen molar-refractivity contribution in [3.8, 4) is 0 Å². The fourth-order valence-electron chi connectivity index (χ4n) is 2.91. The molecule has 1 N–H and O–H groups in total. The van der Waals surface area contributed by atoms with Gasteiger partial charge >= 0.3 is 0 Å². The molecule has 0 saturated heterocycles. The molecule has 5 nitrogen and oxygen atoms in total. The van der Waals surface area contributed by atoms with E-state index in [1.807, 2.05) is 25.1 Å². The fourth-order valence-corrected chi connectivity index (χ4v) is 2.91. The Bertz CT molecular complexity index is 830. The maximum absolute atomic E-state index is 12.4. The van der Waals surface area contributed by atoms with Crippen molar-refractivity contribution in [1.29, 1.82) is 0 Å². The largest absolute Gasteiger partial charge is 0.350 e. The number of hydrogen-bond donors (Lipinski definition) is 1. The summed E-state index contributed by atoms with van der Waals surface area (Å²) in [5.74, 6) is -0.937. The second-order valence-electron chi connectivity index (χ2n) is 6.33. The molecule has 1 unspecified atom stereocenters. The Labute approximate surface area is 146 Å². The molecule has 2 aromatic carbocycles. The highest BCUT2D eigenvalue weighted by Crippen LogP contribution is 2.22. The van der Waals surface area contributed by atoms with Gasteiger partial charge in [0.1, 0.15) is 0 Å². The zero-order valence-electron chi connectivity index (χ0n) is 14.3. The number of nitrogens with zero attached hydrogens (tertiary/aromatic N) is 1. The van der Waals surface area contributed by atoms with Gasteiger partial charge in [0.2, 0.25) is 0 Å². The van der Waals surface area contributed by atoms with Crippen LogP contribution in [-0.4, -0.2) is 35.7 Å². The van der Waals surface area contributed by atoms with Crippen LogP contribution in [0.5, 0.6) is 0 Å². The topological polar surface area (TPSA) is 66.5 Å². The number of amides is 3. The molecule has 0 bridgehead atoms. The SMILES string of the molecule is CC(CCc1ccccc1)NC(=O)c1ccc2c(c1)C(=O)N(C)C2=O. The van der Waals surface area contributed by atoms with E-state index in [1.54, 1.807) is 12.1 Å². The molecular formula is C20H20N2O3. The molecule has 0 radical (unpaired) electrons. The van der Waals surface area contributed by atoms with Gasteiger partial charge in [-0.25, -0.2) is 0 Å². The van der Waals surface area contributed by atoms with E-state index in [0.717, 1.165) is 17.7 Å². The Morgan fingerprint density at radius 2 is 1.72 bits per heavy atom. The molecule has 1 atom stereocenters. The van der Waals surface area contributed by atoms with Crippen LogP contribution in [0.4, 0.5) is 0 Å². The van der Waals surface area contributed by atoms with Gasteiger partial charge in [0.25, 0.3) is 17.7 Å². The minimum atomic E-state index is -0.369. The van der Waals surface area contributed by atoms with E-state index in [2.05, 4.69) is 17.4 Å². The molecule has 0 aliphatic carbocycles. The van der Waals surface area contributed by atoms with Gasteiger partial charge in [0, 0.05) is 18.7 Å². The highest BCUT2D eigenvalue weighted by Gasteiger charge is 2.33. The van der Waals surface area contributed by atoms with Crippen molar-refractivity contribution in [3.63, 3.8) is 0 Å². The van der Waals surface area contributed by atoms with Gasteiger partial charge in [-0.3, -0.25) is 19.3 Å². The van der Waals surface area contributed by atoms with E-state index in [4.69, 9.17) is 0 Å². The third kappa shape index (κ3) is 3.45. The van der Waals surface area contributed by atoms with E-state index in [0.29, 0.717) is 11.1 Å². The lowest BCUT2D eigenvalue weighted by molar-refractivity contribution is 0.0693. The highest BCUT2D eigenvalue weighted by molar-refractivity contribution is 6.21. The van der Waals surface area contributed by atoms with Crippen LogP contribution in [0, 0.1) is 0 Å². The average molecular weight is 336 g/mol. The Morgan fingerprint density at radius 3 is 2.44 bits per heavy atom. The van der Waals surface area contributed by atoms with E-state index >= 15 is 0 Å². The van der Waals surface area contributed by atoms with Gasteiger partial charge in [-0.05, 0) is 43.5 Å². The number of nitrogens with one attached hydrogen (secondary N) is 1. The number of aryl methyl sites for hydroxylation is 1. The normalized spacial score (nSPS) is 14.4. The van der Waals surface area contributed by atoms with Crippen LogP contribution in [0.25, 0.3) is 0 Å². The van der Waals surface area contributed by atoms with Crippen LogP contribution in [0.3, 0.4) is 0 Å². The number of carbonyl (C=O) groups is 3. The van der Waals surface area contributed by atoms with Gasteiger partial charge in [0.05, 0.1) is 11.1 Å². The van der Waals surface area contributed by atoms with Gasteiger partial charge < -0.3 is 5.32 Å². The van der Waals surface area contributed by atoms with Crippen molar-refractivity contribution < 1.29 is 14.4 Å². The summed E-state index contributed by atoms with van der Waals surface area (Å²) >= 11 is 0. The lowest BCUT2D eigenvalue weighted by Crippen LogP contribution is -2.33. The first-order chi connectivity index (χ1) is 12.0. The van der Waals surface area contributed by atoms with Crippen LogP contribution >= 0.6 is 0 Å². The second kappa shape index (κ2) is 6.89. The molecule has 128 valence electrons. The van der Waals surface area contributed by atoms with Gasteiger partial charge in [-0.2, -0.15) is 0 Å². The number of fused-ring (bicyclic) bond motifs is 1. The van der Waals surface area contributed by atoms with Crippen molar-refractivity contribution in [2.75, 3.05) is 7.05 Å². The number of rotatable bonds is 5. The molecule has 1 aliphatic rings. The molecule has 25 heavy (non-hydrogen) atoms. The first kappa shape index (κ1) is 16.9. The van der Waals surface area contributed by atoms with Gasteiger partial charge in [0.15, 0.2) is 0 Å². The summed E-state index contributed by atoms with van der Waals surface area (Å²) in [5, 5.41) is 2.95. The van der Waals surface area contributed by atoms with Crippen LogP contribution in [0.15, 0.2) is 48.5 Å². The molecule has 3 rings (SSSR count). The number of carbonyl (C=O) groups excluding carboxylic acids is 3. The van der Waals surface area contributed by atoms with E-state index < -0.39 is 0 Å². The standard InChI is InChI=1S/C20H20N2O3/c1-13(8-9-14-6-4-3-5-7-14)21-18(23)15-10-11-16-17(12-15)20(25)22(2)19(16)24/h3-7,10-13H,8-9H2,1-2H3,(H,21,23). The molecule has 1 aliphatic heterocycles. The first-order valence-corrected chi connectivity index (χ1v) is 8.28. The minimum absolute atomic E-state index is 0.000896. The Hall–Kier alpha value is -2.95. The van der Waals surface area contributed by atoms with Crippen molar-refractivity contribution in [2.24, 2.45) is 0 Å².